The van der Waals surface area contributed by atoms with Gasteiger partial charge in [0.25, 0.3) is 0 Å². The lowest BCUT2D eigenvalue weighted by Gasteiger charge is -2.10. The van der Waals surface area contributed by atoms with Crippen molar-refractivity contribution in [3.05, 3.63) is 47.8 Å². The van der Waals surface area contributed by atoms with Crippen LogP contribution in [0.2, 0.25) is 0 Å². The first-order valence-corrected chi connectivity index (χ1v) is 7.69. The fourth-order valence-electron chi connectivity index (χ4n) is 1.93. The molecule has 2 aromatic rings. The molecule has 2 heterocycles. The summed E-state index contributed by atoms with van der Waals surface area (Å²) in [5.74, 6) is 1.09. The van der Waals surface area contributed by atoms with Crippen LogP contribution < -0.4 is 20.1 Å². The Morgan fingerprint density at radius 3 is 2.46 bits per heavy atom. The van der Waals surface area contributed by atoms with Gasteiger partial charge in [0.05, 0.1) is 13.2 Å². The average molecular weight is 330 g/mol. The molecule has 0 spiro atoms. The molecule has 128 valence electrons. The molecule has 0 aliphatic heterocycles. The first-order chi connectivity index (χ1) is 11.6. The third kappa shape index (κ3) is 5.75. The van der Waals surface area contributed by atoms with Crippen molar-refractivity contribution in [1.82, 2.24) is 20.6 Å². The van der Waals surface area contributed by atoms with E-state index in [4.69, 9.17) is 9.47 Å². The Bertz CT molecular complexity index is 659. The highest BCUT2D eigenvalue weighted by Crippen LogP contribution is 2.10. The van der Waals surface area contributed by atoms with Crippen molar-refractivity contribution in [1.29, 1.82) is 0 Å². The maximum atomic E-state index is 11.8. The molecule has 0 aliphatic rings. The standard InChI is InChI=1S/C17H22N4O3/c1-12(2)24-15-5-4-14(10-19-15)11-21-17(22)20-9-13-6-7-18-16(8-13)23-3/h4-8,10,12H,9,11H2,1-3H3,(H2,20,21,22). The van der Waals surface area contributed by atoms with Gasteiger partial charge in [0.2, 0.25) is 11.8 Å². The summed E-state index contributed by atoms with van der Waals surface area (Å²) in [7, 11) is 1.55. The molecule has 0 bridgehead atoms. The second-order valence-electron chi connectivity index (χ2n) is 5.41. The minimum atomic E-state index is -0.256. The van der Waals surface area contributed by atoms with Gasteiger partial charge in [0.1, 0.15) is 0 Å². The molecule has 0 unspecified atom stereocenters. The van der Waals surface area contributed by atoms with Gasteiger partial charge < -0.3 is 20.1 Å². The molecule has 7 heteroatoms. The predicted molar refractivity (Wildman–Crippen MR) is 89.9 cm³/mol. The molecule has 2 aromatic heterocycles. The Kier molecular flexibility index (Phi) is 6.36. The molecular formula is C17H22N4O3. The number of nitrogens with zero attached hydrogens (tertiary/aromatic N) is 2. The summed E-state index contributed by atoms with van der Waals surface area (Å²) in [5.41, 5.74) is 1.81. The number of aromatic nitrogens is 2. The summed E-state index contributed by atoms with van der Waals surface area (Å²) < 4.78 is 10.5. The third-order valence-electron chi connectivity index (χ3n) is 3.07. The summed E-state index contributed by atoms with van der Waals surface area (Å²) >= 11 is 0. The van der Waals surface area contributed by atoms with Crippen molar-refractivity contribution >= 4 is 6.03 Å². The lowest BCUT2D eigenvalue weighted by Crippen LogP contribution is -2.34. The maximum absolute atomic E-state index is 11.8. The SMILES string of the molecule is COc1cc(CNC(=O)NCc2ccc(OC(C)C)nc2)ccn1. The summed E-state index contributed by atoms with van der Waals surface area (Å²) in [6.07, 6.45) is 3.41. The largest absolute Gasteiger partial charge is 0.481 e. The van der Waals surface area contributed by atoms with E-state index >= 15 is 0 Å². The number of hydrogen-bond donors (Lipinski definition) is 2. The third-order valence-corrected chi connectivity index (χ3v) is 3.07. The fourth-order valence-corrected chi connectivity index (χ4v) is 1.93. The number of ether oxygens (including phenoxy) is 2. The lowest BCUT2D eigenvalue weighted by atomic mass is 10.2. The van der Waals surface area contributed by atoms with Crippen LogP contribution in [-0.2, 0) is 13.1 Å². The molecule has 0 aromatic carbocycles. The molecular weight excluding hydrogens is 308 g/mol. The topological polar surface area (TPSA) is 85.4 Å². The number of carbonyl (C=O) groups excluding carboxylic acids is 1. The Morgan fingerprint density at radius 2 is 1.83 bits per heavy atom. The van der Waals surface area contributed by atoms with Crippen LogP contribution in [0.4, 0.5) is 4.79 Å². The molecule has 0 saturated carbocycles. The Hall–Kier alpha value is -2.83. The van der Waals surface area contributed by atoms with Crippen molar-refractivity contribution in [3.8, 4) is 11.8 Å². The Labute approximate surface area is 141 Å². The molecule has 2 N–H and O–H groups in total. The molecule has 0 radical (unpaired) electrons. The number of carbonyl (C=O) groups is 1. The van der Waals surface area contributed by atoms with Gasteiger partial charge in [0, 0.05) is 37.6 Å². The highest BCUT2D eigenvalue weighted by molar-refractivity contribution is 5.73. The van der Waals surface area contributed by atoms with E-state index < -0.39 is 0 Å². The van der Waals surface area contributed by atoms with Crippen LogP contribution in [0.5, 0.6) is 11.8 Å². The van der Waals surface area contributed by atoms with Crippen molar-refractivity contribution in [3.63, 3.8) is 0 Å². The van der Waals surface area contributed by atoms with Gasteiger partial charge >= 0.3 is 6.03 Å². The second-order valence-corrected chi connectivity index (χ2v) is 5.41. The van der Waals surface area contributed by atoms with Crippen LogP contribution >= 0.6 is 0 Å². The molecule has 0 fully saturated rings. The number of urea groups is 1. The zero-order valence-electron chi connectivity index (χ0n) is 14.1. The van der Waals surface area contributed by atoms with Crippen molar-refractivity contribution < 1.29 is 14.3 Å². The summed E-state index contributed by atoms with van der Waals surface area (Å²) in [5, 5.41) is 5.56. The van der Waals surface area contributed by atoms with E-state index in [0.29, 0.717) is 24.8 Å². The number of hydrogen-bond acceptors (Lipinski definition) is 5. The van der Waals surface area contributed by atoms with Gasteiger partial charge in [-0.1, -0.05) is 6.07 Å². The van der Waals surface area contributed by atoms with Crippen molar-refractivity contribution in [2.45, 2.75) is 33.0 Å². The Balaban J connectivity index is 1.76. The van der Waals surface area contributed by atoms with E-state index in [1.807, 2.05) is 26.0 Å². The van der Waals surface area contributed by atoms with Crippen molar-refractivity contribution in [2.24, 2.45) is 0 Å². The lowest BCUT2D eigenvalue weighted by molar-refractivity contribution is 0.232. The highest BCUT2D eigenvalue weighted by Gasteiger charge is 2.04. The highest BCUT2D eigenvalue weighted by atomic mass is 16.5. The van der Waals surface area contributed by atoms with E-state index in [-0.39, 0.29) is 12.1 Å². The van der Waals surface area contributed by atoms with Crippen LogP contribution in [0, 0.1) is 0 Å². The zero-order valence-corrected chi connectivity index (χ0v) is 14.1. The summed E-state index contributed by atoms with van der Waals surface area (Å²) in [4.78, 5) is 20.1. The van der Waals surface area contributed by atoms with Gasteiger partial charge in [-0.3, -0.25) is 0 Å². The maximum Gasteiger partial charge on any atom is 0.315 e. The van der Waals surface area contributed by atoms with E-state index in [2.05, 4.69) is 20.6 Å². The predicted octanol–water partition coefficient (Wildman–Crippen LogP) is 2.27. The number of pyridine rings is 2. The molecule has 7 nitrogen and oxygen atoms in total. The minimum Gasteiger partial charge on any atom is -0.481 e. The quantitative estimate of drug-likeness (QED) is 0.813. The number of rotatable bonds is 7. The van der Waals surface area contributed by atoms with Crippen LogP contribution in [0.15, 0.2) is 36.7 Å². The number of methoxy groups -OCH3 is 1. The van der Waals surface area contributed by atoms with E-state index in [9.17, 15) is 4.79 Å². The molecule has 24 heavy (non-hydrogen) atoms. The molecule has 0 saturated heterocycles. The van der Waals surface area contributed by atoms with Crippen LogP contribution in [0.25, 0.3) is 0 Å². The Morgan fingerprint density at radius 1 is 1.08 bits per heavy atom. The first kappa shape index (κ1) is 17.5. The van der Waals surface area contributed by atoms with Crippen molar-refractivity contribution in [2.75, 3.05) is 7.11 Å². The smallest absolute Gasteiger partial charge is 0.315 e. The van der Waals surface area contributed by atoms with Gasteiger partial charge in [-0.15, -0.1) is 0 Å². The second kappa shape index (κ2) is 8.71. The number of nitrogens with one attached hydrogen (secondary N) is 2. The zero-order chi connectivity index (χ0) is 17.4. The van der Waals surface area contributed by atoms with Crippen LogP contribution in [-0.4, -0.2) is 29.2 Å². The first-order valence-electron chi connectivity index (χ1n) is 7.69. The monoisotopic (exact) mass is 330 g/mol. The average Bonchev–Trinajstić information content (AvgIpc) is 2.59. The minimum absolute atomic E-state index is 0.0825. The fraction of sp³-hybridized carbons (Fsp3) is 0.353. The van der Waals surface area contributed by atoms with E-state index in [1.165, 1.54) is 0 Å². The van der Waals surface area contributed by atoms with E-state index in [0.717, 1.165) is 11.1 Å². The van der Waals surface area contributed by atoms with E-state index in [1.54, 1.807) is 31.6 Å². The number of amides is 2. The van der Waals surface area contributed by atoms with Gasteiger partial charge in [0.15, 0.2) is 0 Å². The molecule has 0 atom stereocenters. The normalized spacial score (nSPS) is 10.3. The molecule has 2 rings (SSSR count). The molecule has 0 aliphatic carbocycles. The summed E-state index contributed by atoms with van der Waals surface area (Å²) in [6.45, 7) is 4.67. The van der Waals surface area contributed by atoms with Crippen LogP contribution in [0.1, 0.15) is 25.0 Å². The van der Waals surface area contributed by atoms with Crippen LogP contribution in [0.3, 0.4) is 0 Å². The van der Waals surface area contributed by atoms with Gasteiger partial charge in [-0.05, 0) is 31.0 Å². The summed E-state index contributed by atoms with van der Waals surface area (Å²) in [6, 6.07) is 7.00. The molecule has 2 amide bonds. The van der Waals surface area contributed by atoms with Gasteiger partial charge in [-0.2, -0.15) is 0 Å². The van der Waals surface area contributed by atoms with Gasteiger partial charge in [-0.25, -0.2) is 14.8 Å².